The molecular weight excluding hydrogens is 286 g/mol. The number of thioether (sulfide) groups is 1. The van der Waals surface area contributed by atoms with Crippen LogP contribution in [0.25, 0.3) is 0 Å². The molecule has 1 rings (SSSR count). The van der Waals surface area contributed by atoms with Crippen LogP contribution in [0.4, 0.5) is 0 Å². The standard InChI is InChI=1S/C13H16ClNO3S/c1-9(13(17)18)19-8-12(16)15(2)7-10-4-3-5-11(14)6-10/h3-6,9H,7-8H2,1-2H3,(H,17,18). The number of hydrogen-bond acceptors (Lipinski definition) is 3. The third kappa shape index (κ3) is 5.53. The molecule has 6 heteroatoms. The highest BCUT2D eigenvalue weighted by molar-refractivity contribution is 8.01. The quantitative estimate of drug-likeness (QED) is 0.877. The molecule has 0 aliphatic rings. The van der Waals surface area contributed by atoms with E-state index in [2.05, 4.69) is 0 Å². The monoisotopic (exact) mass is 301 g/mol. The Balaban J connectivity index is 2.47. The van der Waals surface area contributed by atoms with E-state index in [1.807, 2.05) is 12.1 Å². The molecule has 0 spiro atoms. The number of carboxylic acid groups (broad SMARTS) is 1. The highest BCUT2D eigenvalue weighted by Crippen LogP contribution is 2.14. The minimum absolute atomic E-state index is 0.0990. The molecule has 1 unspecified atom stereocenters. The Labute approximate surface area is 121 Å². The third-order valence-corrected chi connectivity index (χ3v) is 3.89. The summed E-state index contributed by atoms with van der Waals surface area (Å²) in [6, 6.07) is 7.30. The smallest absolute Gasteiger partial charge is 0.316 e. The minimum atomic E-state index is -0.907. The van der Waals surface area contributed by atoms with E-state index < -0.39 is 11.2 Å². The first kappa shape index (κ1) is 15.9. The number of carboxylic acids is 1. The first-order valence-corrected chi connectivity index (χ1v) is 7.15. The Morgan fingerprint density at radius 1 is 1.47 bits per heavy atom. The maximum Gasteiger partial charge on any atom is 0.316 e. The molecular formula is C13H16ClNO3S. The summed E-state index contributed by atoms with van der Waals surface area (Å²) in [6.45, 7) is 2.03. The van der Waals surface area contributed by atoms with E-state index in [-0.39, 0.29) is 11.7 Å². The molecule has 1 aromatic rings. The van der Waals surface area contributed by atoms with Gasteiger partial charge in [-0.2, -0.15) is 0 Å². The van der Waals surface area contributed by atoms with Gasteiger partial charge >= 0.3 is 5.97 Å². The Morgan fingerprint density at radius 3 is 2.74 bits per heavy atom. The fourth-order valence-electron chi connectivity index (χ4n) is 1.38. The predicted molar refractivity (Wildman–Crippen MR) is 77.5 cm³/mol. The number of aliphatic carboxylic acids is 1. The summed E-state index contributed by atoms with van der Waals surface area (Å²) in [5.74, 6) is -0.849. The minimum Gasteiger partial charge on any atom is -0.480 e. The number of carbonyl (C=O) groups is 2. The van der Waals surface area contributed by atoms with E-state index in [4.69, 9.17) is 16.7 Å². The maximum absolute atomic E-state index is 11.8. The predicted octanol–water partition coefficient (Wildman–Crippen LogP) is 2.50. The lowest BCUT2D eigenvalue weighted by Gasteiger charge is -2.17. The van der Waals surface area contributed by atoms with E-state index in [1.165, 1.54) is 0 Å². The van der Waals surface area contributed by atoms with Gasteiger partial charge in [-0.05, 0) is 24.6 Å². The summed E-state index contributed by atoms with van der Waals surface area (Å²) in [7, 11) is 1.69. The van der Waals surface area contributed by atoms with E-state index in [0.717, 1.165) is 17.3 Å². The lowest BCUT2D eigenvalue weighted by atomic mass is 10.2. The Hall–Kier alpha value is -1.20. The Kier molecular flexibility index (Phi) is 6.18. The van der Waals surface area contributed by atoms with Gasteiger partial charge in [-0.15, -0.1) is 11.8 Å². The zero-order valence-electron chi connectivity index (χ0n) is 10.8. The van der Waals surface area contributed by atoms with Crippen molar-refractivity contribution in [1.82, 2.24) is 4.90 Å². The highest BCUT2D eigenvalue weighted by Gasteiger charge is 2.15. The number of benzene rings is 1. The Morgan fingerprint density at radius 2 is 2.16 bits per heavy atom. The highest BCUT2D eigenvalue weighted by atomic mass is 35.5. The van der Waals surface area contributed by atoms with Gasteiger partial charge in [0.25, 0.3) is 0 Å². The second kappa shape index (κ2) is 7.40. The molecule has 1 N–H and O–H groups in total. The number of halogens is 1. The normalized spacial score (nSPS) is 11.9. The van der Waals surface area contributed by atoms with E-state index in [1.54, 1.807) is 31.0 Å². The van der Waals surface area contributed by atoms with Crippen molar-refractivity contribution in [3.05, 3.63) is 34.9 Å². The van der Waals surface area contributed by atoms with Crippen LogP contribution in [0.15, 0.2) is 24.3 Å². The van der Waals surface area contributed by atoms with Gasteiger partial charge < -0.3 is 10.0 Å². The first-order valence-electron chi connectivity index (χ1n) is 5.73. The zero-order chi connectivity index (χ0) is 14.4. The van der Waals surface area contributed by atoms with Crippen molar-refractivity contribution < 1.29 is 14.7 Å². The Bertz CT molecular complexity index is 467. The lowest BCUT2D eigenvalue weighted by Crippen LogP contribution is -2.29. The number of rotatable bonds is 6. The van der Waals surface area contributed by atoms with Crippen LogP contribution in [0.2, 0.25) is 5.02 Å². The number of nitrogens with zero attached hydrogens (tertiary/aromatic N) is 1. The van der Waals surface area contributed by atoms with Crippen molar-refractivity contribution in [3.63, 3.8) is 0 Å². The van der Waals surface area contributed by atoms with E-state index in [9.17, 15) is 9.59 Å². The molecule has 0 bridgehead atoms. The van der Waals surface area contributed by atoms with Crippen molar-refractivity contribution in [2.24, 2.45) is 0 Å². The molecule has 0 radical (unpaired) electrons. The number of amides is 1. The number of hydrogen-bond donors (Lipinski definition) is 1. The van der Waals surface area contributed by atoms with Gasteiger partial charge in [0, 0.05) is 18.6 Å². The molecule has 0 saturated carbocycles. The van der Waals surface area contributed by atoms with Crippen LogP contribution in [0.5, 0.6) is 0 Å². The summed E-state index contributed by atoms with van der Waals surface area (Å²) in [4.78, 5) is 24.1. The summed E-state index contributed by atoms with van der Waals surface area (Å²) >= 11 is 6.99. The van der Waals surface area contributed by atoms with Crippen LogP contribution < -0.4 is 0 Å². The van der Waals surface area contributed by atoms with Gasteiger partial charge in [0.05, 0.1) is 11.0 Å². The largest absolute Gasteiger partial charge is 0.480 e. The average Bonchev–Trinajstić information content (AvgIpc) is 2.35. The van der Waals surface area contributed by atoms with Gasteiger partial charge in [-0.1, -0.05) is 23.7 Å². The first-order chi connectivity index (χ1) is 8.90. The molecule has 0 fully saturated rings. The molecule has 104 valence electrons. The topological polar surface area (TPSA) is 57.6 Å². The summed E-state index contributed by atoms with van der Waals surface area (Å²) in [5, 5.41) is 8.79. The summed E-state index contributed by atoms with van der Waals surface area (Å²) in [5.41, 5.74) is 0.944. The molecule has 0 aromatic heterocycles. The van der Waals surface area contributed by atoms with Gasteiger partial charge in [-0.25, -0.2) is 0 Å². The molecule has 1 amide bonds. The lowest BCUT2D eigenvalue weighted by molar-refractivity contribution is -0.136. The SMILES string of the molecule is CC(SCC(=O)N(C)Cc1cccc(Cl)c1)C(=O)O. The van der Waals surface area contributed by atoms with Crippen molar-refractivity contribution in [1.29, 1.82) is 0 Å². The van der Waals surface area contributed by atoms with Gasteiger partial charge in [0.1, 0.15) is 0 Å². The fraction of sp³-hybridized carbons (Fsp3) is 0.385. The molecule has 0 aliphatic carbocycles. The van der Waals surface area contributed by atoms with Crippen molar-refractivity contribution >= 4 is 35.2 Å². The summed E-state index contributed by atoms with van der Waals surface area (Å²) < 4.78 is 0. The van der Waals surface area contributed by atoms with Crippen LogP contribution >= 0.6 is 23.4 Å². The van der Waals surface area contributed by atoms with E-state index in [0.29, 0.717) is 11.6 Å². The molecule has 1 atom stereocenters. The number of carbonyl (C=O) groups excluding carboxylic acids is 1. The van der Waals surface area contributed by atoms with Crippen molar-refractivity contribution in [2.75, 3.05) is 12.8 Å². The van der Waals surface area contributed by atoms with Crippen LogP contribution in [0.3, 0.4) is 0 Å². The van der Waals surface area contributed by atoms with Crippen LogP contribution in [0, 0.1) is 0 Å². The molecule has 0 heterocycles. The van der Waals surface area contributed by atoms with Crippen molar-refractivity contribution in [3.8, 4) is 0 Å². The second-order valence-corrected chi connectivity index (χ2v) is 5.94. The zero-order valence-corrected chi connectivity index (χ0v) is 12.4. The molecule has 0 aliphatic heterocycles. The van der Waals surface area contributed by atoms with Crippen LogP contribution in [-0.4, -0.2) is 39.9 Å². The molecule has 19 heavy (non-hydrogen) atoms. The van der Waals surface area contributed by atoms with Gasteiger partial charge in [0.15, 0.2) is 0 Å². The molecule has 1 aromatic carbocycles. The second-order valence-electron chi connectivity index (χ2n) is 4.17. The van der Waals surface area contributed by atoms with Crippen LogP contribution in [-0.2, 0) is 16.1 Å². The van der Waals surface area contributed by atoms with Gasteiger partial charge in [0.2, 0.25) is 5.91 Å². The van der Waals surface area contributed by atoms with Crippen LogP contribution in [0.1, 0.15) is 12.5 Å². The third-order valence-electron chi connectivity index (χ3n) is 2.54. The van der Waals surface area contributed by atoms with Gasteiger partial charge in [-0.3, -0.25) is 9.59 Å². The molecule has 4 nitrogen and oxygen atoms in total. The fourth-order valence-corrected chi connectivity index (χ4v) is 2.34. The average molecular weight is 302 g/mol. The molecule has 0 saturated heterocycles. The summed E-state index contributed by atoms with van der Waals surface area (Å²) in [6.07, 6.45) is 0. The van der Waals surface area contributed by atoms with Crippen molar-refractivity contribution in [2.45, 2.75) is 18.7 Å². The van der Waals surface area contributed by atoms with E-state index >= 15 is 0 Å². The maximum atomic E-state index is 11.8.